The third-order valence-electron chi connectivity index (χ3n) is 5.05. The van der Waals surface area contributed by atoms with Gasteiger partial charge in [0.1, 0.15) is 0 Å². The van der Waals surface area contributed by atoms with Crippen LogP contribution in [0.4, 0.5) is 25.0 Å². The molecule has 1 saturated heterocycles. The van der Waals surface area contributed by atoms with Crippen LogP contribution >= 0.6 is 11.3 Å². The molecule has 2 aromatic carbocycles. The first-order valence-electron chi connectivity index (χ1n) is 9.92. The second kappa shape index (κ2) is 9.26. The van der Waals surface area contributed by atoms with Gasteiger partial charge in [-0.1, -0.05) is 12.1 Å². The monoisotopic (exact) mass is 441 g/mol. The van der Waals surface area contributed by atoms with Crippen molar-refractivity contribution >= 4 is 34.6 Å². The van der Waals surface area contributed by atoms with Crippen molar-refractivity contribution < 1.29 is 18.4 Å². The van der Waals surface area contributed by atoms with E-state index in [1.165, 1.54) is 17.4 Å². The van der Waals surface area contributed by atoms with Crippen molar-refractivity contribution in [2.24, 2.45) is 0 Å². The van der Waals surface area contributed by atoms with E-state index in [9.17, 15) is 18.4 Å². The van der Waals surface area contributed by atoms with Crippen LogP contribution in [-0.4, -0.2) is 29.9 Å². The van der Waals surface area contributed by atoms with E-state index in [0.29, 0.717) is 30.8 Å². The summed E-state index contributed by atoms with van der Waals surface area (Å²) in [4.78, 5) is 29.4. The molecule has 160 valence electrons. The molecule has 4 rings (SSSR count). The number of benzene rings is 2. The normalized spacial score (nSPS) is 14.1. The second-order valence-corrected chi connectivity index (χ2v) is 8.34. The Bertz CT molecular complexity index is 1070. The first-order valence-corrected chi connectivity index (χ1v) is 10.8. The van der Waals surface area contributed by atoms with E-state index in [4.69, 9.17) is 0 Å². The number of thiophene rings is 1. The van der Waals surface area contributed by atoms with Gasteiger partial charge in [0.15, 0.2) is 11.6 Å². The minimum absolute atomic E-state index is 0.0954. The number of carbonyl (C=O) groups excluding carboxylic acids is 2. The molecule has 31 heavy (non-hydrogen) atoms. The Morgan fingerprint density at radius 3 is 2.55 bits per heavy atom. The van der Waals surface area contributed by atoms with Crippen LogP contribution in [-0.2, 0) is 17.8 Å². The molecule has 0 saturated carbocycles. The van der Waals surface area contributed by atoms with Gasteiger partial charge in [0, 0.05) is 35.9 Å². The maximum absolute atomic E-state index is 13.5. The molecule has 3 aromatic rings. The van der Waals surface area contributed by atoms with Crippen molar-refractivity contribution in [1.29, 1.82) is 0 Å². The van der Waals surface area contributed by atoms with Crippen LogP contribution in [0, 0.1) is 11.6 Å². The summed E-state index contributed by atoms with van der Waals surface area (Å²) in [7, 11) is 0. The first kappa shape index (κ1) is 21.0. The topological polar surface area (TPSA) is 52.7 Å². The summed E-state index contributed by atoms with van der Waals surface area (Å²) in [5, 5.41) is 4.79. The van der Waals surface area contributed by atoms with E-state index in [0.717, 1.165) is 29.1 Å². The summed E-state index contributed by atoms with van der Waals surface area (Å²) in [6.45, 7) is 1.33. The Balaban J connectivity index is 1.39. The second-order valence-electron chi connectivity index (χ2n) is 7.31. The number of urea groups is 1. The summed E-state index contributed by atoms with van der Waals surface area (Å²) < 4.78 is 26.6. The average molecular weight is 442 g/mol. The van der Waals surface area contributed by atoms with Gasteiger partial charge < -0.3 is 10.2 Å². The fourth-order valence-corrected chi connectivity index (χ4v) is 4.23. The van der Waals surface area contributed by atoms with Gasteiger partial charge in [0.05, 0.1) is 6.42 Å². The van der Waals surface area contributed by atoms with Gasteiger partial charge in [-0.05, 0) is 59.8 Å². The highest BCUT2D eigenvalue weighted by Gasteiger charge is 2.27. The smallest absolute Gasteiger partial charge is 0.324 e. The summed E-state index contributed by atoms with van der Waals surface area (Å²) in [6.07, 6.45) is 1.08. The number of halogens is 2. The van der Waals surface area contributed by atoms with Gasteiger partial charge in [-0.3, -0.25) is 9.69 Å². The zero-order chi connectivity index (χ0) is 21.8. The molecular weight excluding hydrogens is 420 g/mol. The number of hydrogen-bond acceptors (Lipinski definition) is 3. The zero-order valence-electron chi connectivity index (χ0n) is 16.7. The van der Waals surface area contributed by atoms with Gasteiger partial charge >= 0.3 is 6.03 Å². The maximum Gasteiger partial charge on any atom is 0.324 e. The predicted molar refractivity (Wildman–Crippen MR) is 117 cm³/mol. The van der Waals surface area contributed by atoms with Crippen molar-refractivity contribution in [1.82, 2.24) is 4.90 Å². The van der Waals surface area contributed by atoms with Crippen LogP contribution < -0.4 is 10.2 Å². The van der Waals surface area contributed by atoms with Gasteiger partial charge in [-0.15, -0.1) is 11.3 Å². The molecule has 1 fully saturated rings. The zero-order valence-corrected chi connectivity index (χ0v) is 17.5. The lowest BCUT2D eigenvalue weighted by molar-refractivity contribution is -0.115. The number of amides is 3. The number of hydrogen-bond donors (Lipinski definition) is 1. The molecule has 1 N–H and O–H groups in total. The lowest BCUT2D eigenvalue weighted by atomic mass is 10.1. The highest BCUT2D eigenvalue weighted by molar-refractivity contribution is 7.10. The summed E-state index contributed by atoms with van der Waals surface area (Å²) in [5.41, 5.74) is 1.92. The van der Waals surface area contributed by atoms with E-state index in [1.807, 2.05) is 17.5 Å². The predicted octanol–water partition coefficient (Wildman–Crippen LogP) is 5.04. The van der Waals surface area contributed by atoms with E-state index in [-0.39, 0.29) is 18.5 Å². The molecule has 1 aromatic heterocycles. The Hall–Kier alpha value is -3.26. The van der Waals surface area contributed by atoms with E-state index < -0.39 is 11.6 Å². The van der Waals surface area contributed by atoms with Crippen LogP contribution in [0.15, 0.2) is 60.0 Å². The molecule has 1 aliphatic heterocycles. The maximum atomic E-state index is 13.5. The van der Waals surface area contributed by atoms with E-state index in [1.54, 1.807) is 34.1 Å². The highest BCUT2D eigenvalue weighted by atomic mass is 32.1. The lowest BCUT2D eigenvalue weighted by Crippen LogP contribution is -2.49. The van der Waals surface area contributed by atoms with Crippen molar-refractivity contribution in [3.8, 4) is 0 Å². The van der Waals surface area contributed by atoms with Crippen molar-refractivity contribution in [3.63, 3.8) is 0 Å². The summed E-state index contributed by atoms with van der Waals surface area (Å²) in [6, 6.07) is 14.4. The van der Waals surface area contributed by atoms with Crippen LogP contribution in [0.5, 0.6) is 0 Å². The highest BCUT2D eigenvalue weighted by Crippen LogP contribution is 2.24. The molecule has 0 bridgehead atoms. The molecule has 0 unspecified atom stereocenters. The van der Waals surface area contributed by atoms with Crippen LogP contribution in [0.2, 0.25) is 0 Å². The molecule has 0 spiro atoms. The fourth-order valence-electron chi connectivity index (χ4n) is 3.53. The van der Waals surface area contributed by atoms with Gasteiger partial charge in [0.25, 0.3) is 0 Å². The van der Waals surface area contributed by atoms with Gasteiger partial charge in [0.2, 0.25) is 5.91 Å². The largest absolute Gasteiger partial charge is 0.326 e. The summed E-state index contributed by atoms with van der Waals surface area (Å²) in [5.74, 6) is -1.92. The number of rotatable bonds is 6. The number of carbonyl (C=O) groups is 2. The minimum atomic E-state index is -0.921. The molecule has 5 nitrogen and oxygen atoms in total. The number of nitrogens with one attached hydrogen (secondary N) is 1. The van der Waals surface area contributed by atoms with Crippen LogP contribution in [0.1, 0.15) is 16.9 Å². The number of anilines is 2. The van der Waals surface area contributed by atoms with Crippen molar-refractivity contribution in [2.45, 2.75) is 19.4 Å². The molecule has 0 aliphatic carbocycles. The Morgan fingerprint density at radius 1 is 1.03 bits per heavy atom. The first-order chi connectivity index (χ1) is 15.0. The Labute approximate surface area is 182 Å². The van der Waals surface area contributed by atoms with E-state index >= 15 is 0 Å². The minimum Gasteiger partial charge on any atom is -0.326 e. The average Bonchev–Trinajstić information content (AvgIpc) is 3.26. The molecule has 8 heteroatoms. The molecular formula is C23H21F2N3O2S. The van der Waals surface area contributed by atoms with Crippen molar-refractivity contribution in [3.05, 3.63) is 82.1 Å². The Morgan fingerprint density at radius 2 is 1.84 bits per heavy atom. The fraction of sp³-hybridized carbons (Fsp3) is 0.217. The third kappa shape index (κ3) is 5.08. The molecule has 1 aliphatic rings. The number of nitrogens with zero attached hydrogens (tertiary/aromatic N) is 2. The van der Waals surface area contributed by atoms with Crippen LogP contribution in [0.25, 0.3) is 0 Å². The molecule has 0 radical (unpaired) electrons. The van der Waals surface area contributed by atoms with Crippen molar-refractivity contribution in [2.75, 3.05) is 23.3 Å². The quantitative estimate of drug-likeness (QED) is 0.583. The standard InChI is InChI=1S/C23H21F2N3O2S/c24-20-9-4-16(13-21(20)25)15-27-10-2-11-28(23(27)30)18-7-5-17(6-8-18)26-22(29)14-19-3-1-12-31-19/h1,3-9,12-13H,2,10-11,14-15H2,(H,26,29). The van der Waals surface area contributed by atoms with Crippen LogP contribution in [0.3, 0.4) is 0 Å². The van der Waals surface area contributed by atoms with Gasteiger partial charge in [-0.25, -0.2) is 13.6 Å². The lowest BCUT2D eigenvalue weighted by Gasteiger charge is -2.35. The molecule has 0 atom stereocenters. The summed E-state index contributed by atoms with van der Waals surface area (Å²) >= 11 is 1.54. The Kier molecular flexibility index (Phi) is 6.27. The van der Waals surface area contributed by atoms with E-state index in [2.05, 4.69) is 5.32 Å². The molecule has 2 heterocycles. The third-order valence-corrected chi connectivity index (χ3v) is 5.92. The van der Waals surface area contributed by atoms with Gasteiger partial charge in [-0.2, -0.15) is 0 Å². The molecule has 3 amide bonds. The SMILES string of the molecule is O=C(Cc1cccs1)Nc1ccc(N2CCCN(Cc3ccc(F)c(F)c3)C2=O)cc1.